The number of ether oxygens (including phenoxy) is 1. The molecule has 1 fully saturated rings. The number of nitrogens with one attached hydrogen (secondary N) is 1. The number of rotatable bonds is 9. The zero-order valence-corrected chi connectivity index (χ0v) is 12.7. The van der Waals surface area contributed by atoms with Crippen molar-refractivity contribution in [3.8, 4) is 0 Å². The Bertz CT molecular complexity index is 205. The molecule has 108 valence electrons. The van der Waals surface area contributed by atoms with E-state index in [1.165, 1.54) is 19.3 Å². The second-order valence-corrected chi connectivity index (χ2v) is 5.54. The Morgan fingerprint density at radius 1 is 1.33 bits per heavy atom. The molecule has 0 saturated carbocycles. The van der Waals surface area contributed by atoms with Crippen LogP contribution in [0.15, 0.2) is 0 Å². The van der Waals surface area contributed by atoms with E-state index in [9.17, 15) is 0 Å². The zero-order valence-electron chi connectivity index (χ0n) is 12.7. The molecule has 1 heterocycles. The third-order valence-corrected chi connectivity index (χ3v) is 4.19. The van der Waals surface area contributed by atoms with Gasteiger partial charge >= 0.3 is 0 Å². The summed E-state index contributed by atoms with van der Waals surface area (Å²) in [6, 6.07) is 0.612. The molecule has 0 aromatic rings. The van der Waals surface area contributed by atoms with E-state index in [0.717, 1.165) is 38.7 Å². The van der Waals surface area contributed by atoms with Crippen LogP contribution >= 0.6 is 0 Å². The largest absolute Gasteiger partial charge is 0.377 e. The molecule has 0 radical (unpaired) electrons. The molecule has 3 heteroatoms. The molecular formula is C15H32N2O. The van der Waals surface area contributed by atoms with Gasteiger partial charge in [0.25, 0.3) is 0 Å². The normalized spacial score (nSPS) is 23.5. The average molecular weight is 256 g/mol. The van der Waals surface area contributed by atoms with Crippen molar-refractivity contribution < 1.29 is 4.74 Å². The van der Waals surface area contributed by atoms with E-state index < -0.39 is 0 Å². The van der Waals surface area contributed by atoms with Crippen LogP contribution in [0.3, 0.4) is 0 Å². The third kappa shape index (κ3) is 5.25. The Morgan fingerprint density at radius 3 is 2.61 bits per heavy atom. The topological polar surface area (TPSA) is 24.5 Å². The average Bonchev–Trinajstić information content (AvgIpc) is 2.89. The third-order valence-electron chi connectivity index (χ3n) is 4.19. The van der Waals surface area contributed by atoms with Crippen molar-refractivity contribution in [2.45, 2.75) is 59.1 Å². The Kier molecular flexibility index (Phi) is 7.87. The van der Waals surface area contributed by atoms with E-state index in [0.29, 0.717) is 12.1 Å². The summed E-state index contributed by atoms with van der Waals surface area (Å²) in [4.78, 5) is 2.55. The Labute approximate surface area is 113 Å². The van der Waals surface area contributed by atoms with Gasteiger partial charge in [-0.15, -0.1) is 0 Å². The summed E-state index contributed by atoms with van der Waals surface area (Å²) in [6.07, 6.45) is 4.20. The van der Waals surface area contributed by atoms with Gasteiger partial charge in [0.1, 0.15) is 0 Å². The maximum atomic E-state index is 5.75. The quantitative estimate of drug-likeness (QED) is 0.686. The molecule has 1 aliphatic rings. The van der Waals surface area contributed by atoms with E-state index in [-0.39, 0.29) is 0 Å². The van der Waals surface area contributed by atoms with Gasteiger partial charge in [-0.3, -0.25) is 4.90 Å². The molecule has 1 saturated heterocycles. The minimum absolute atomic E-state index is 0.476. The van der Waals surface area contributed by atoms with Gasteiger partial charge in [-0.25, -0.2) is 0 Å². The summed E-state index contributed by atoms with van der Waals surface area (Å²) < 4.78 is 5.75. The van der Waals surface area contributed by atoms with Crippen molar-refractivity contribution >= 4 is 0 Å². The van der Waals surface area contributed by atoms with Crippen molar-refractivity contribution in [1.29, 1.82) is 0 Å². The van der Waals surface area contributed by atoms with E-state index in [1.807, 2.05) is 0 Å². The predicted octanol–water partition coefficient (Wildman–Crippen LogP) is 2.51. The molecule has 1 aliphatic heterocycles. The predicted molar refractivity (Wildman–Crippen MR) is 78.0 cm³/mol. The maximum Gasteiger partial charge on any atom is 0.0702 e. The summed E-state index contributed by atoms with van der Waals surface area (Å²) in [5, 5.41) is 3.64. The highest BCUT2D eigenvalue weighted by atomic mass is 16.5. The van der Waals surface area contributed by atoms with Crippen LogP contribution in [0.1, 0.15) is 47.0 Å². The second-order valence-electron chi connectivity index (χ2n) is 5.54. The fourth-order valence-electron chi connectivity index (χ4n) is 2.68. The second kappa shape index (κ2) is 8.89. The van der Waals surface area contributed by atoms with Crippen LogP contribution in [-0.2, 0) is 4.74 Å². The molecule has 0 spiro atoms. The van der Waals surface area contributed by atoms with Crippen LogP contribution in [-0.4, -0.2) is 49.8 Å². The van der Waals surface area contributed by atoms with Crippen molar-refractivity contribution in [1.82, 2.24) is 10.2 Å². The molecule has 0 aliphatic carbocycles. The minimum Gasteiger partial charge on any atom is -0.377 e. The van der Waals surface area contributed by atoms with Crippen molar-refractivity contribution in [2.75, 3.05) is 32.8 Å². The first kappa shape index (κ1) is 15.9. The molecule has 3 atom stereocenters. The maximum absolute atomic E-state index is 5.75. The van der Waals surface area contributed by atoms with Gasteiger partial charge in [0.05, 0.1) is 6.10 Å². The van der Waals surface area contributed by atoms with E-state index >= 15 is 0 Å². The van der Waals surface area contributed by atoms with Crippen LogP contribution in [0.5, 0.6) is 0 Å². The Balaban J connectivity index is 2.41. The fourth-order valence-corrected chi connectivity index (χ4v) is 2.68. The molecular weight excluding hydrogens is 224 g/mol. The molecule has 1 N–H and O–H groups in total. The lowest BCUT2D eigenvalue weighted by Gasteiger charge is -2.31. The minimum atomic E-state index is 0.476. The standard InChI is InChI=1S/C15H32N2O/c1-5-13(4)15(16-6-2)12-17(7-3)11-14-9-8-10-18-14/h13-16H,5-12H2,1-4H3. The molecule has 1 rings (SSSR count). The highest BCUT2D eigenvalue weighted by Gasteiger charge is 2.22. The van der Waals surface area contributed by atoms with Gasteiger partial charge in [0.15, 0.2) is 0 Å². The Morgan fingerprint density at radius 2 is 2.11 bits per heavy atom. The first-order valence-corrected chi connectivity index (χ1v) is 7.78. The summed E-state index contributed by atoms with van der Waals surface area (Å²) in [6.45, 7) is 14.5. The van der Waals surface area contributed by atoms with Crippen LogP contribution in [0.4, 0.5) is 0 Å². The first-order valence-electron chi connectivity index (χ1n) is 7.78. The summed E-state index contributed by atoms with van der Waals surface area (Å²) in [5.74, 6) is 0.739. The van der Waals surface area contributed by atoms with Crippen molar-refractivity contribution in [3.05, 3.63) is 0 Å². The Hall–Kier alpha value is -0.120. The lowest BCUT2D eigenvalue weighted by atomic mass is 9.98. The molecule has 0 bridgehead atoms. The van der Waals surface area contributed by atoms with Crippen molar-refractivity contribution in [3.63, 3.8) is 0 Å². The van der Waals surface area contributed by atoms with Crippen LogP contribution in [0.2, 0.25) is 0 Å². The lowest BCUT2D eigenvalue weighted by Crippen LogP contribution is -2.46. The van der Waals surface area contributed by atoms with Gasteiger partial charge in [0.2, 0.25) is 0 Å². The molecule has 3 nitrogen and oxygen atoms in total. The van der Waals surface area contributed by atoms with Gasteiger partial charge in [-0.05, 0) is 31.8 Å². The fraction of sp³-hybridized carbons (Fsp3) is 1.00. The SMILES string of the molecule is CCNC(CN(CC)CC1CCCO1)C(C)CC. The van der Waals surface area contributed by atoms with E-state index in [1.54, 1.807) is 0 Å². The number of hydrogen-bond donors (Lipinski definition) is 1. The molecule has 0 aromatic carbocycles. The van der Waals surface area contributed by atoms with E-state index in [4.69, 9.17) is 4.74 Å². The first-order chi connectivity index (χ1) is 8.71. The van der Waals surface area contributed by atoms with Crippen LogP contribution < -0.4 is 5.32 Å². The van der Waals surface area contributed by atoms with Crippen molar-refractivity contribution in [2.24, 2.45) is 5.92 Å². The number of hydrogen-bond acceptors (Lipinski definition) is 3. The smallest absolute Gasteiger partial charge is 0.0702 e. The van der Waals surface area contributed by atoms with E-state index in [2.05, 4.69) is 37.9 Å². The zero-order chi connectivity index (χ0) is 13.4. The van der Waals surface area contributed by atoms with Gasteiger partial charge in [-0.1, -0.05) is 34.1 Å². The number of likely N-dealkylation sites (N-methyl/N-ethyl adjacent to an activating group) is 2. The summed E-state index contributed by atoms with van der Waals surface area (Å²) >= 11 is 0. The summed E-state index contributed by atoms with van der Waals surface area (Å²) in [7, 11) is 0. The molecule has 0 amide bonds. The molecule has 18 heavy (non-hydrogen) atoms. The summed E-state index contributed by atoms with van der Waals surface area (Å²) in [5.41, 5.74) is 0. The lowest BCUT2D eigenvalue weighted by molar-refractivity contribution is 0.0689. The highest BCUT2D eigenvalue weighted by Crippen LogP contribution is 2.15. The monoisotopic (exact) mass is 256 g/mol. The molecule has 3 unspecified atom stereocenters. The van der Waals surface area contributed by atoms with Crippen LogP contribution in [0, 0.1) is 5.92 Å². The van der Waals surface area contributed by atoms with Gasteiger partial charge in [-0.2, -0.15) is 0 Å². The highest BCUT2D eigenvalue weighted by molar-refractivity contribution is 4.78. The van der Waals surface area contributed by atoms with Gasteiger partial charge in [0, 0.05) is 25.7 Å². The van der Waals surface area contributed by atoms with Gasteiger partial charge < -0.3 is 10.1 Å². The molecule has 0 aromatic heterocycles. The number of nitrogens with zero attached hydrogens (tertiary/aromatic N) is 1. The van der Waals surface area contributed by atoms with Crippen LogP contribution in [0.25, 0.3) is 0 Å².